The molecule has 2 heterocycles. The standard InChI is InChI=1S/C16H26BN3O4.C5H10OS/c1-14(2,3)22-13(21)20(8)12-18-9-11(10-19-12)17-23-15(4,5)16(6,7)24-17;1-5(2,3)7-4-6/h9-10H,1-8H3;4H,1-3H3. The number of ether oxygens (including phenoxy) is 1. The number of hydrogen-bond donors (Lipinski definition) is 0. The van der Waals surface area contributed by atoms with Gasteiger partial charge < -0.3 is 14.0 Å². The topological polar surface area (TPSA) is 90.9 Å². The maximum absolute atomic E-state index is 12.0. The molecule has 0 aromatic carbocycles. The van der Waals surface area contributed by atoms with Gasteiger partial charge in [-0.1, -0.05) is 32.5 Å². The molecule has 1 aromatic heterocycles. The second kappa shape index (κ2) is 9.87. The second-order valence-electron chi connectivity index (χ2n) is 10.3. The SMILES string of the molecule is CC(C)(C)SC=O.CN(C(=O)OC(C)(C)C)c1ncc(B2OC(C)(C)C(C)(C)O2)cn1. The monoisotopic (exact) mass is 453 g/mol. The molecule has 0 N–H and O–H groups in total. The van der Waals surface area contributed by atoms with E-state index >= 15 is 0 Å². The summed E-state index contributed by atoms with van der Waals surface area (Å²) in [6.45, 7) is 19.4. The Bertz CT molecular complexity index is 742. The number of anilines is 1. The van der Waals surface area contributed by atoms with Gasteiger partial charge in [0.2, 0.25) is 5.95 Å². The lowest BCUT2D eigenvalue weighted by molar-refractivity contribution is 0.00578. The molecule has 1 fully saturated rings. The fourth-order valence-corrected chi connectivity index (χ4v) is 2.45. The molecule has 0 bridgehead atoms. The molecule has 0 saturated carbocycles. The van der Waals surface area contributed by atoms with E-state index in [0.29, 0.717) is 5.46 Å². The van der Waals surface area contributed by atoms with E-state index in [9.17, 15) is 9.59 Å². The molecule has 0 spiro atoms. The average molecular weight is 453 g/mol. The van der Waals surface area contributed by atoms with E-state index in [2.05, 4.69) is 9.97 Å². The summed E-state index contributed by atoms with van der Waals surface area (Å²) in [6.07, 6.45) is 2.70. The fraction of sp³-hybridized carbons (Fsp3) is 0.714. The Hall–Kier alpha value is -1.65. The van der Waals surface area contributed by atoms with Crippen molar-refractivity contribution in [3.8, 4) is 0 Å². The maximum Gasteiger partial charge on any atom is 0.498 e. The molecular weight excluding hydrogens is 417 g/mol. The van der Waals surface area contributed by atoms with E-state index in [-0.39, 0.29) is 10.7 Å². The minimum atomic E-state index is -0.575. The third kappa shape index (κ3) is 8.42. The zero-order valence-electron chi connectivity index (χ0n) is 20.6. The molecule has 1 aliphatic heterocycles. The Morgan fingerprint density at radius 1 is 1.06 bits per heavy atom. The third-order valence-corrected chi connectivity index (χ3v) is 5.36. The second-order valence-corrected chi connectivity index (χ2v) is 11.9. The van der Waals surface area contributed by atoms with Crippen molar-refractivity contribution in [2.75, 3.05) is 11.9 Å². The molecule has 8 nitrogen and oxygen atoms in total. The summed E-state index contributed by atoms with van der Waals surface area (Å²) < 4.78 is 17.3. The summed E-state index contributed by atoms with van der Waals surface area (Å²) in [7, 11) is 1.04. The van der Waals surface area contributed by atoms with Gasteiger partial charge in [-0.2, -0.15) is 0 Å². The Morgan fingerprint density at radius 2 is 1.52 bits per heavy atom. The van der Waals surface area contributed by atoms with Crippen LogP contribution in [0.5, 0.6) is 0 Å². The number of carbonyl (C=O) groups is 2. The van der Waals surface area contributed by atoms with Crippen molar-refractivity contribution in [1.82, 2.24) is 9.97 Å². The molecule has 0 atom stereocenters. The fourth-order valence-electron chi connectivity index (χ4n) is 2.16. The van der Waals surface area contributed by atoms with Crippen LogP contribution in [0.15, 0.2) is 12.4 Å². The van der Waals surface area contributed by atoms with Crippen LogP contribution in [0.1, 0.15) is 69.2 Å². The molecule has 0 radical (unpaired) electrons. The van der Waals surface area contributed by atoms with Gasteiger partial charge in [-0.25, -0.2) is 19.7 Å². The third-order valence-electron chi connectivity index (χ3n) is 4.55. The summed E-state index contributed by atoms with van der Waals surface area (Å²) in [5.74, 6) is 0.254. The summed E-state index contributed by atoms with van der Waals surface area (Å²) in [6, 6.07) is 0. The van der Waals surface area contributed by atoms with Gasteiger partial charge in [0.25, 0.3) is 0 Å². The summed E-state index contributed by atoms with van der Waals surface area (Å²) in [5, 5.41) is 0. The van der Waals surface area contributed by atoms with Gasteiger partial charge in [-0.3, -0.25) is 4.79 Å². The minimum absolute atomic E-state index is 0.0990. The van der Waals surface area contributed by atoms with Crippen molar-refractivity contribution < 1.29 is 23.6 Å². The smallest absolute Gasteiger partial charge is 0.443 e. The summed E-state index contributed by atoms with van der Waals surface area (Å²) in [4.78, 5) is 31.5. The summed E-state index contributed by atoms with van der Waals surface area (Å²) >= 11 is 1.31. The van der Waals surface area contributed by atoms with Crippen molar-refractivity contribution in [3.63, 3.8) is 0 Å². The molecule has 10 heteroatoms. The van der Waals surface area contributed by atoms with Crippen molar-refractivity contribution >= 4 is 42.0 Å². The highest BCUT2D eigenvalue weighted by molar-refractivity contribution is 8.13. The molecule has 1 amide bonds. The van der Waals surface area contributed by atoms with Gasteiger partial charge in [0.05, 0.1) is 11.2 Å². The molecule has 1 aliphatic rings. The number of hydrogen-bond acceptors (Lipinski definition) is 8. The first-order chi connectivity index (χ1) is 13.9. The van der Waals surface area contributed by atoms with Crippen LogP contribution in [0.4, 0.5) is 10.7 Å². The van der Waals surface area contributed by atoms with Gasteiger partial charge in [-0.15, -0.1) is 0 Å². The molecule has 174 valence electrons. The Labute approximate surface area is 191 Å². The summed E-state index contributed by atoms with van der Waals surface area (Å²) in [5.41, 5.74) is 0.149. The lowest BCUT2D eigenvalue weighted by Crippen LogP contribution is -2.41. The van der Waals surface area contributed by atoms with E-state index in [1.54, 1.807) is 40.2 Å². The number of carbonyl (C=O) groups excluding carboxylic acids is 2. The van der Waals surface area contributed by atoms with Crippen molar-refractivity contribution in [1.29, 1.82) is 0 Å². The van der Waals surface area contributed by atoms with E-state index in [1.807, 2.05) is 48.5 Å². The van der Waals surface area contributed by atoms with Crippen LogP contribution >= 0.6 is 11.8 Å². The van der Waals surface area contributed by atoms with E-state index in [0.717, 1.165) is 5.62 Å². The van der Waals surface area contributed by atoms with Crippen LogP contribution in [0.2, 0.25) is 0 Å². The number of nitrogens with zero attached hydrogens (tertiary/aromatic N) is 3. The molecular formula is C21H36BN3O5S. The highest BCUT2D eigenvalue weighted by Gasteiger charge is 2.52. The molecule has 0 unspecified atom stereocenters. The van der Waals surface area contributed by atoms with E-state index < -0.39 is 30.0 Å². The van der Waals surface area contributed by atoms with Crippen LogP contribution in [-0.2, 0) is 18.8 Å². The Kier molecular flexibility index (Phi) is 8.72. The van der Waals surface area contributed by atoms with Gasteiger partial charge in [-0.05, 0) is 48.5 Å². The first-order valence-electron chi connectivity index (χ1n) is 10.1. The van der Waals surface area contributed by atoms with Gasteiger partial charge >= 0.3 is 13.2 Å². The molecule has 1 saturated heterocycles. The Morgan fingerprint density at radius 3 is 1.84 bits per heavy atom. The van der Waals surface area contributed by atoms with Crippen molar-refractivity contribution in [2.24, 2.45) is 0 Å². The molecule has 0 aliphatic carbocycles. The number of rotatable bonds is 3. The van der Waals surface area contributed by atoms with Crippen LogP contribution in [-0.4, -0.2) is 57.4 Å². The maximum atomic E-state index is 12.0. The predicted molar refractivity (Wildman–Crippen MR) is 126 cm³/mol. The molecule has 2 rings (SSSR count). The Balaban J connectivity index is 0.000000592. The molecule has 1 aromatic rings. The quantitative estimate of drug-likeness (QED) is 0.504. The van der Waals surface area contributed by atoms with Gasteiger partial charge in [0, 0.05) is 29.7 Å². The zero-order valence-corrected chi connectivity index (χ0v) is 21.4. The van der Waals surface area contributed by atoms with Crippen molar-refractivity contribution in [2.45, 2.75) is 90.8 Å². The van der Waals surface area contributed by atoms with Gasteiger partial charge in [0.15, 0.2) is 5.62 Å². The highest BCUT2D eigenvalue weighted by Crippen LogP contribution is 2.36. The lowest BCUT2D eigenvalue weighted by Gasteiger charge is -2.32. The predicted octanol–water partition coefficient (Wildman–Crippen LogP) is 3.86. The van der Waals surface area contributed by atoms with Crippen LogP contribution in [0.25, 0.3) is 0 Å². The zero-order chi connectivity index (χ0) is 24.3. The van der Waals surface area contributed by atoms with E-state index in [4.69, 9.17) is 14.0 Å². The minimum Gasteiger partial charge on any atom is -0.443 e. The average Bonchev–Trinajstić information content (AvgIpc) is 2.80. The van der Waals surface area contributed by atoms with E-state index in [1.165, 1.54) is 16.7 Å². The van der Waals surface area contributed by atoms with Crippen LogP contribution in [0, 0.1) is 0 Å². The lowest BCUT2D eigenvalue weighted by atomic mass is 9.81. The first kappa shape index (κ1) is 27.4. The largest absolute Gasteiger partial charge is 0.498 e. The number of amides is 1. The van der Waals surface area contributed by atoms with Crippen molar-refractivity contribution in [3.05, 3.63) is 12.4 Å². The normalized spacial score (nSPS) is 17.5. The molecule has 31 heavy (non-hydrogen) atoms. The first-order valence-corrected chi connectivity index (χ1v) is 11.0. The van der Waals surface area contributed by atoms with Crippen LogP contribution in [0.3, 0.4) is 0 Å². The van der Waals surface area contributed by atoms with Gasteiger partial charge in [0.1, 0.15) is 5.60 Å². The van der Waals surface area contributed by atoms with Crippen LogP contribution < -0.4 is 10.4 Å². The number of aromatic nitrogens is 2. The number of thioether (sulfide) groups is 1. The highest BCUT2D eigenvalue weighted by atomic mass is 32.2.